The smallest absolute Gasteiger partial charge is 0.331 e. The summed E-state index contributed by atoms with van der Waals surface area (Å²) in [4.78, 5) is 27.5. The van der Waals surface area contributed by atoms with Crippen molar-refractivity contribution < 1.29 is 109 Å². The molecule has 15 atom stereocenters. The van der Waals surface area contributed by atoms with Crippen LogP contribution in [0.1, 0.15) is 17.2 Å². The van der Waals surface area contributed by atoms with Crippen LogP contribution in [0.3, 0.4) is 0 Å². The van der Waals surface area contributed by atoms with Crippen molar-refractivity contribution in [2.24, 2.45) is 0 Å². The largest absolute Gasteiger partial charge is 0.508 e. The van der Waals surface area contributed by atoms with Crippen molar-refractivity contribution in [1.29, 1.82) is 0 Å². The number of aliphatic hydroxyl groups is 9. The van der Waals surface area contributed by atoms with Gasteiger partial charge in [-0.25, -0.2) is 4.79 Å². The van der Waals surface area contributed by atoms with Gasteiger partial charge in [0.25, 0.3) is 0 Å². The van der Waals surface area contributed by atoms with Crippen LogP contribution in [0, 0.1) is 0 Å². The Morgan fingerprint density at radius 2 is 1.29 bits per heavy atom. The van der Waals surface area contributed by atoms with E-state index in [2.05, 4.69) is 0 Å². The van der Waals surface area contributed by atoms with E-state index < -0.39 is 146 Å². The second kappa shape index (κ2) is 20.2. The van der Waals surface area contributed by atoms with Crippen molar-refractivity contribution in [2.45, 2.75) is 91.9 Å². The number of carbonyl (C=O) groups excluding carboxylic acids is 1. The molecule has 23 heteroatoms. The topological polar surface area (TPSA) is 375 Å². The predicted octanol–water partition coefficient (Wildman–Crippen LogP) is -2.28. The average Bonchev–Trinajstić information content (AvgIpc) is 3.29. The van der Waals surface area contributed by atoms with E-state index >= 15 is 0 Å². The number of esters is 1. The molecule has 0 saturated carbocycles. The average molecular weight is 933 g/mol. The number of benzene rings is 3. The summed E-state index contributed by atoms with van der Waals surface area (Å²) in [5, 5.41) is 138. The lowest BCUT2D eigenvalue weighted by Crippen LogP contribution is -2.66. The number of phenolic OH excluding ortho intramolecular Hbond substituents is 4. The molecule has 3 aromatic carbocycles. The number of hydrogen-bond acceptors (Lipinski definition) is 23. The van der Waals surface area contributed by atoms with E-state index in [-0.39, 0.29) is 34.2 Å². The lowest BCUT2D eigenvalue weighted by atomic mass is 9.88. The summed E-state index contributed by atoms with van der Waals surface area (Å²) in [5.74, 6) is -3.38. The van der Waals surface area contributed by atoms with Gasteiger partial charge in [-0.15, -0.1) is 0 Å². The highest BCUT2D eigenvalue weighted by molar-refractivity contribution is 5.89. The van der Waals surface area contributed by atoms with Crippen LogP contribution >= 0.6 is 0 Å². The van der Waals surface area contributed by atoms with Crippen molar-refractivity contribution >= 4 is 23.0 Å². The molecule has 66 heavy (non-hydrogen) atoms. The molecule has 13 N–H and O–H groups in total. The van der Waals surface area contributed by atoms with E-state index in [0.29, 0.717) is 5.56 Å². The Hall–Kier alpha value is -5.48. The van der Waals surface area contributed by atoms with E-state index in [1.807, 2.05) is 0 Å². The standard InChI is InChI=1S/C43H48O23/c1-59-23-10-17(5-8-19(23)48)22-11-20(49)29-24(60-22)12-21(50)30(34(29)55)38-41(64-28(51)9-4-16-2-6-18(47)7-3-16)39(33(54)27(15-46)61-38)65-43-40(36(57)32(53)26(14-45)63-43)66-42-37(58)35(56)31(52)25(13-44)62-42/h2-12,25-27,31-33,35-48,50,52-58H,13-15H2,1H3. The third kappa shape index (κ3) is 9.53. The van der Waals surface area contributed by atoms with E-state index in [4.69, 9.17) is 37.6 Å². The van der Waals surface area contributed by atoms with Crippen LogP contribution in [-0.4, -0.2) is 185 Å². The Kier molecular flexibility index (Phi) is 14.8. The molecular weight excluding hydrogens is 884 g/mol. The number of ether oxygens (including phenoxy) is 7. The third-order valence-corrected chi connectivity index (χ3v) is 11.4. The number of hydrogen-bond donors (Lipinski definition) is 13. The Labute approximate surface area is 372 Å². The molecule has 3 saturated heterocycles. The van der Waals surface area contributed by atoms with E-state index in [1.165, 1.54) is 55.7 Å². The molecule has 7 rings (SSSR count). The number of rotatable bonds is 13. The van der Waals surface area contributed by atoms with Gasteiger partial charge in [-0.2, -0.15) is 0 Å². The van der Waals surface area contributed by atoms with Crippen LogP contribution < -0.4 is 10.2 Å². The second-order valence-electron chi connectivity index (χ2n) is 15.6. The SMILES string of the molecule is COc1cc(-c2cc(=O)c3c(O)c(C4OC(CO)C(O)C(OC5OC(CO)C(O)C(O)C5OC5OC(CO)C(O)C(O)C5O)C4OC(=O)C=Cc4ccc(O)cc4)c(O)cc3o2)ccc1O. The van der Waals surface area contributed by atoms with Gasteiger partial charge in [-0.05, 0) is 42.0 Å². The zero-order valence-electron chi connectivity index (χ0n) is 34.5. The van der Waals surface area contributed by atoms with Crippen LogP contribution in [0.25, 0.3) is 28.4 Å². The summed E-state index contributed by atoms with van der Waals surface area (Å²) in [5.41, 5.74) is -1.27. The first-order valence-electron chi connectivity index (χ1n) is 20.3. The van der Waals surface area contributed by atoms with Crippen molar-refractivity contribution in [2.75, 3.05) is 26.9 Å². The number of methoxy groups -OCH3 is 1. The number of aliphatic hydroxyl groups excluding tert-OH is 9. The Bertz CT molecular complexity index is 2420. The monoisotopic (exact) mass is 932 g/mol. The maximum Gasteiger partial charge on any atom is 0.331 e. The maximum absolute atomic E-state index is 13.8. The van der Waals surface area contributed by atoms with Crippen LogP contribution in [0.2, 0.25) is 0 Å². The van der Waals surface area contributed by atoms with Gasteiger partial charge in [0.05, 0.1) is 32.5 Å². The quantitative estimate of drug-likeness (QED) is 0.0496. The van der Waals surface area contributed by atoms with Gasteiger partial charge in [-0.1, -0.05) is 12.1 Å². The van der Waals surface area contributed by atoms with Gasteiger partial charge in [0, 0.05) is 23.8 Å². The molecule has 15 unspecified atom stereocenters. The zero-order chi connectivity index (χ0) is 47.7. The number of aromatic hydroxyl groups is 4. The molecule has 3 aliphatic heterocycles. The van der Waals surface area contributed by atoms with Gasteiger partial charge in [0.1, 0.15) is 107 Å². The molecule has 0 radical (unpaired) electrons. The lowest BCUT2D eigenvalue weighted by Gasteiger charge is -2.49. The normalized spacial score (nSPS) is 32.7. The number of carbonyl (C=O) groups is 1. The van der Waals surface area contributed by atoms with Gasteiger partial charge in [0.15, 0.2) is 35.6 Å². The summed E-state index contributed by atoms with van der Waals surface area (Å²) in [6.45, 7) is -2.87. The minimum atomic E-state index is -2.11. The summed E-state index contributed by atoms with van der Waals surface area (Å²) < 4.78 is 45.9. The maximum atomic E-state index is 13.8. The summed E-state index contributed by atoms with van der Waals surface area (Å²) in [6.07, 6.45) is -26.9. The molecule has 4 heterocycles. The first kappa shape index (κ1) is 48.5. The minimum Gasteiger partial charge on any atom is -0.508 e. The number of phenols is 4. The summed E-state index contributed by atoms with van der Waals surface area (Å²) in [6, 6.07) is 11.5. The zero-order valence-corrected chi connectivity index (χ0v) is 34.5. The van der Waals surface area contributed by atoms with Crippen molar-refractivity contribution in [3.05, 3.63) is 82.0 Å². The highest BCUT2D eigenvalue weighted by atomic mass is 16.8. The van der Waals surface area contributed by atoms with E-state index in [1.54, 1.807) is 0 Å². The Balaban J connectivity index is 1.31. The predicted molar refractivity (Wildman–Crippen MR) is 218 cm³/mol. The minimum absolute atomic E-state index is 0.0320. The molecule has 0 aliphatic carbocycles. The highest BCUT2D eigenvalue weighted by Gasteiger charge is 2.56. The molecule has 0 amide bonds. The first-order chi connectivity index (χ1) is 31.5. The fourth-order valence-electron chi connectivity index (χ4n) is 7.88. The van der Waals surface area contributed by atoms with Crippen molar-refractivity contribution in [1.82, 2.24) is 0 Å². The fourth-order valence-corrected chi connectivity index (χ4v) is 7.88. The van der Waals surface area contributed by atoms with E-state index in [9.17, 15) is 76.0 Å². The highest BCUT2D eigenvalue weighted by Crippen LogP contribution is 2.47. The third-order valence-electron chi connectivity index (χ3n) is 11.4. The van der Waals surface area contributed by atoms with Crippen LogP contribution in [0.5, 0.6) is 28.7 Å². The fraction of sp³-hybridized carbons (Fsp3) is 0.442. The van der Waals surface area contributed by atoms with Gasteiger partial charge in [0.2, 0.25) is 0 Å². The van der Waals surface area contributed by atoms with Gasteiger partial charge >= 0.3 is 5.97 Å². The van der Waals surface area contributed by atoms with Crippen molar-refractivity contribution in [3.63, 3.8) is 0 Å². The molecule has 23 nitrogen and oxygen atoms in total. The molecule has 358 valence electrons. The van der Waals surface area contributed by atoms with Crippen LogP contribution in [-0.2, 0) is 33.2 Å². The molecule has 3 fully saturated rings. The number of fused-ring (bicyclic) bond motifs is 1. The second-order valence-corrected chi connectivity index (χ2v) is 15.6. The van der Waals surface area contributed by atoms with Gasteiger partial charge in [-0.3, -0.25) is 4.79 Å². The summed E-state index contributed by atoms with van der Waals surface area (Å²) in [7, 11) is 1.30. The molecule has 3 aliphatic rings. The Morgan fingerprint density at radius 1 is 0.667 bits per heavy atom. The van der Waals surface area contributed by atoms with E-state index in [0.717, 1.165) is 18.2 Å². The van der Waals surface area contributed by atoms with Gasteiger partial charge < -0.3 is 104 Å². The molecule has 4 aromatic rings. The molecular formula is C43H48O23. The van der Waals surface area contributed by atoms with Crippen LogP contribution in [0.4, 0.5) is 0 Å². The first-order valence-corrected chi connectivity index (χ1v) is 20.3. The summed E-state index contributed by atoms with van der Waals surface area (Å²) >= 11 is 0. The lowest BCUT2D eigenvalue weighted by molar-refractivity contribution is -0.382. The molecule has 0 bridgehead atoms. The van der Waals surface area contributed by atoms with Crippen LogP contribution in [0.15, 0.2) is 69.9 Å². The van der Waals surface area contributed by atoms with Crippen molar-refractivity contribution in [3.8, 4) is 40.1 Å². The molecule has 1 aromatic heterocycles. The molecule has 0 spiro atoms. The Morgan fingerprint density at radius 3 is 1.94 bits per heavy atom.